The Morgan fingerprint density at radius 3 is 2.00 bits per heavy atom. The van der Waals surface area contributed by atoms with Gasteiger partial charge in [0.15, 0.2) is 0 Å². The molecule has 0 amide bonds. The lowest BCUT2D eigenvalue weighted by Gasteiger charge is -2.33. The van der Waals surface area contributed by atoms with Gasteiger partial charge in [-0.15, -0.1) is 0 Å². The van der Waals surface area contributed by atoms with E-state index in [1.54, 1.807) is 0 Å². The molecule has 0 spiro atoms. The molecule has 0 aromatic heterocycles. The van der Waals surface area contributed by atoms with Crippen LogP contribution in [0.15, 0.2) is 0 Å². The van der Waals surface area contributed by atoms with E-state index in [9.17, 15) is 0 Å². The average Bonchev–Trinajstić information content (AvgIpc) is 2.34. The van der Waals surface area contributed by atoms with E-state index in [1.165, 1.54) is 25.7 Å². The molecular weight excluding hydrogens is 216 g/mol. The molecule has 0 heterocycles. The van der Waals surface area contributed by atoms with Crippen molar-refractivity contribution in [2.24, 2.45) is 0 Å². The lowest BCUT2D eigenvalue weighted by Crippen LogP contribution is -2.38. The Kier molecular flexibility index (Phi) is 10.9. The summed E-state index contributed by atoms with van der Waals surface area (Å²) in [4.78, 5) is 0. The van der Waals surface area contributed by atoms with Gasteiger partial charge in [0.1, 0.15) is 0 Å². The first kappa shape index (κ1) is 16.9. The van der Waals surface area contributed by atoms with Gasteiger partial charge in [0.25, 0.3) is 0 Å². The molecule has 17 heavy (non-hydrogen) atoms. The molecule has 0 aliphatic carbocycles. The van der Waals surface area contributed by atoms with Crippen molar-refractivity contribution in [3.05, 3.63) is 0 Å². The fraction of sp³-hybridized carbons (Fsp3) is 1.00. The van der Waals surface area contributed by atoms with Gasteiger partial charge in [0.05, 0.1) is 25.4 Å². The molecule has 0 saturated heterocycles. The van der Waals surface area contributed by atoms with Gasteiger partial charge in [-0.2, -0.15) is 0 Å². The average molecular weight is 246 g/mol. The third-order valence-electron chi connectivity index (χ3n) is 3.02. The van der Waals surface area contributed by atoms with Gasteiger partial charge in [0, 0.05) is 6.61 Å². The van der Waals surface area contributed by atoms with Crippen LogP contribution in [-0.2, 0) is 9.47 Å². The Balaban J connectivity index is 4.32. The maximum atomic E-state index is 8.78. The maximum Gasteiger partial charge on any atom is 0.0914 e. The van der Waals surface area contributed by atoms with Crippen LogP contribution in [0.3, 0.4) is 0 Å². The Morgan fingerprint density at radius 1 is 1.00 bits per heavy atom. The van der Waals surface area contributed by atoms with Crippen molar-refractivity contribution in [1.82, 2.24) is 0 Å². The van der Waals surface area contributed by atoms with E-state index < -0.39 is 0 Å². The second kappa shape index (κ2) is 11.0. The van der Waals surface area contributed by atoms with E-state index >= 15 is 0 Å². The van der Waals surface area contributed by atoms with Crippen molar-refractivity contribution in [3.63, 3.8) is 0 Å². The Bertz CT molecular complexity index is 152. The molecule has 1 N–H and O–H groups in total. The predicted molar refractivity (Wildman–Crippen MR) is 71.3 cm³/mol. The van der Waals surface area contributed by atoms with Crippen LogP contribution in [0.4, 0.5) is 0 Å². The summed E-state index contributed by atoms with van der Waals surface area (Å²) in [5.74, 6) is 0. The van der Waals surface area contributed by atoms with Crippen LogP contribution in [-0.4, -0.2) is 37.1 Å². The minimum atomic E-state index is -0.129. The molecule has 0 rings (SSSR count). The smallest absolute Gasteiger partial charge is 0.0914 e. The largest absolute Gasteiger partial charge is 0.394 e. The zero-order valence-electron chi connectivity index (χ0n) is 11.8. The van der Waals surface area contributed by atoms with Gasteiger partial charge in [-0.3, -0.25) is 0 Å². The monoisotopic (exact) mass is 246 g/mol. The van der Waals surface area contributed by atoms with Crippen molar-refractivity contribution in [2.45, 2.75) is 64.9 Å². The van der Waals surface area contributed by atoms with Crippen LogP contribution >= 0.6 is 0 Å². The number of rotatable bonds is 12. The highest BCUT2D eigenvalue weighted by Crippen LogP contribution is 2.26. The Morgan fingerprint density at radius 2 is 1.59 bits per heavy atom. The normalized spacial score (nSPS) is 12.0. The second-order valence-corrected chi connectivity index (χ2v) is 4.60. The fourth-order valence-electron chi connectivity index (χ4n) is 2.08. The number of aliphatic hydroxyl groups is 1. The van der Waals surface area contributed by atoms with Crippen molar-refractivity contribution in [2.75, 3.05) is 26.4 Å². The Labute approximate surface area is 107 Å². The SMILES string of the molecule is CCCCC(CCCC)(COCCO)OCC. The first-order valence-electron chi connectivity index (χ1n) is 7.07. The fourth-order valence-corrected chi connectivity index (χ4v) is 2.08. The molecule has 0 aliphatic heterocycles. The predicted octanol–water partition coefficient (Wildman–Crippen LogP) is 3.15. The first-order valence-corrected chi connectivity index (χ1v) is 7.07. The lowest BCUT2D eigenvalue weighted by molar-refractivity contribution is -0.108. The van der Waals surface area contributed by atoms with E-state index in [0.29, 0.717) is 13.2 Å². The zero-order chi connectivity index (χ0) is 13.0. The summed E-state index contributed by atoms with van der Waals surface area (Å²) in [6.07, 6.45) is 6.83. The minimum absolute atomic E-state index is 0.0871. The maximum absolute atomic E-state index is 8.78. The standard InChI is InChI=1S/C14H30O3/c1-4-7-9-14(17-6-3,10-8-5-2)13-16-12-11-15/h15H,4-13H2,1-3H3. The van der Waals surface area contributed by atoms with Crippen LogP contribution < -0.4 is 0 Å². The van der Waals surface area contributed by atoms with Gasteiger partial charge in [-0.1, -0.05) is 39.5 Å². The van der Waals surface area contributed by atoms with Crippen molar-refractivity contribution in [1.29, 1.82) is 0 Å². The number of ether oxygens (including phenoxy) is 2. The van der Waals surface area contributed by atoms with E-state index in [-0.39, 0.29) is 12.2 Å². The molecule has 3 heteroatoms. The summed E-state index contributed by atoms with van der Waals surface area (Å²) in [7, 11) is 0. The van der Waals surface area contributed by atoms with Crippen LogP contribution in [0, 0.1) is 0 Å². The molecular formula is C14H30O3. The third-order valence-corrected chi connectivity index (χ3v) is 3.02. The summed E-state index contributed by atoms with van der Waals surface area (Å²) in [6.45, 7) is 8.28. The van der Waals surface area contributed by atoms with Crippen LogP contribution in [0.5, 0.6) is 0 Å². The van der Waals surface area contributed by atoms with Crippen molar-refractivity contribution < 1.29 is 14.6 Å². The second-order valence-electron chi connectivity index (χ2n) is 4.60. The summed E-state index contributed by atoms with van der Waals surface area (Å²) in [5.41, 5.74) is -0.129. The van der Waals surface area contributed by atoms with Gasteiger partial charge in [-0.05, 0) is 19.8 Å². The van der Waals surface area contributed by atoms with E-state index in [0.717, 1.165) is 19.4 Å². The number of hydrogen-bond donors (Lipinski definition) is 1. The van der Waals surface area contributed by atoms with Crippen LogP contribution in [0.25, 0.3) is 0 Å². The Hall–Kier alpha value is -0.120. The molecule has 0 unspecified atom stereocenters. The lowest BCUT2D eigenvalue weighted by atomic mass is 9.91. The van der Waals surface area contributed by atoms with Gasteiger partial charge >= 0.3 is 0 Å². The molecule has 0 saturated carbocycles. The van der Waals surface area contributed by atoms with Crippen molar-refractivity contribution >= 4 is 0 Å². The molecule has 0 aromatic rings. The molecule has 0 bridgehead atoms. The van der Waals surface area contributed by atoms with E-state index in [2.05, 4.69) is 13.8 Å². The van der Waals surface area contributed by atoms with E-state index in [1.807, 2.05) is 6.92 Å². The third kappa shape index (κ3) is 7.74. The molecule has 0 radical (unpaired) electrons. The van der Waals surface area contributed by atoms with E-state index in [4.69, 9.17) is 14.6 Å². The molecule has 0 atom stereocenters. The van der Waals surface area contributed by atoms with Crippen LogP contribution in [0.2, 0.25) is 0 Å². The molecule has 0 aliphatic rings. The highest BCUT2D eigenvalue weighted by Gasteiger charge is 2.29. The number of aliphatic hydroxyl groups excluding tert-OH is 1. The van der Waals surface area contributed by atoms with Gasteiger partial charge < -0.3 is 14.6 Å². The van der Waals surface area contributed by atoms with Crippen LogP contribution in [0.1, 0.15) is 59.3 Å². The highest BCUT2D eigenvalue weighted by molar-refractivity contribution is 4.80. The molecule has 3 nitrogen and oxygen atoms in total. The summed E-state index contributed by atoms with van der Waals surface area (Å²) >= 11 is 0. The number of hydrogen-bond acceptors (Lipinski definition) is 3. The quantitative estimate of drug-likeness (QED) is 0.538. The topological polar surface area (TPSA) is 38.7 Å². The molecule has 0 aromatic carbocycles. The zero-order valence-corrected chi connectivity index (χ0v) is 11.8. The van der Waals surface area contributed by atoms with Gasteiger partial charge in [0.2, 0.25) is 0 Å². The minimum Gasteiger partial charge on any atom is -0.394 e. The molecule has 0 fully saturated rings. The molecule has 104 valence electrons. The van der Waals surface area contributed by atoms with Crippen molar-refractivity contribution in [3.8, 4) is 0 Å². The summed E-state index contributed by atoms with van der Waals surface area (Å²) in [6, 6.07) is 0. The highest BCUT2D eigenvalue weighted by atomic mass is 16.5. The first-order chi connectivity index (χ1) is 8.24. The summed E-state index contributed by atoms with van der Waals surface area (Å²) < 4.78 is 11.5. The van der Waals surface area contributed by atoms with Gasteiger partial charge in [-0.25, -0.2) is 0 Å². The number of unbranched alkanes of at least 4 members (excludes halogenated alkanes) is 2. The summed E-state index contributed by atoms with van der Waals surface area (Å²) in [5, 5.41) is 8.78.